The van der Waals surface area contributed by atoms with Gasteiger partial charge in [-0.15, -0.1) is 0 Å². The summed E-state index contributed by atoms with van der Waals surface area (Å²) in [5, 5.41) is 2.98. The molecule has 0 spiro atoms. The van der Waals surface area contributed by atoms with Gasteiger partial charge in [0.2, 0.25) is 5.88 Å². The number of anilines is 1. The molecule has 2 aromatic rings. The summed E-state index contributed by atoms with van der Waals surface area (Å²) in [6, 6.07) is 9.58. The molecular weight excluding hydrogens is 329 g/mol. The summed E-state index contributed by atoms with van der Waals surface area (Å²) >= 11 is 2.23. The monoisotopic (exact) mass is 341 g/mol. The smallest absolute Gasteiger partial charge is 0.224 e. The first kappa shape index (κ1) is 12.1. The Morgan fingerprint density at radius 3 is 2.71 bits per heavy atom. The van der Waals surface area contributed by atoms with E-state index in [1.54, 1.807) is 6.07 Å². The quantitative estimate of drug-likeness (QED) is 0.871. The van der Waals surface area contributed by atoms with Crippen molar-refractivity contribution in [2.24, 2.45) is 0 Å². The SMILES string of the molecule is CNc1cc(Oc2ccccc2I)nc(C)n1. The molecule has 0 unspecified atom stereocenters. The number of nitrogens with zero attached hydrogens (tertiary/aromatic N) is 2. The molecule has 0 saturated heterocycles. The first-order chi connectivity index (χ1) is 8.19. The first-order valence-electron chi connectivity index (χ1n) is 5.15. The summed E-state index contributed by atoms with van der Waals surface area (Å²) in [5.74, 6) is 2.77. The number of aromatic nitrogens is 2. The fourth-order valence-corrected chi connectivity index (χ4v) is 1.86. The Morgan fingerprint density at radius 1 is 1.24 bits per heavy atom. The van der Waals surface area contributed by atoms with Crippen molar-refractivity contribution in [3.63, 3.8) is 0 Å². The molecular formula is C12H12IN3O. The second-order valence-corrected chi connectivity index (χ2v) is 4.58. The molecule has 0 bridgehead atoms. The normalized spacial score (nSPS) is 10.1. The van der Waals surface area contributed by atoms with E-state index in [-0.39, 0.29) is 0 Å². The van der Waals surface area contributed by atoms with E-state index in [1.165, 1.54) is 0 Å². The molecule has 4 nitrogen and oxygen atoms in total. The molecule has 1 aromatic carbocycles. The summed E-state index contributed by atoms with van der Waals surface area (Å²) in [6.07, 6.45) is 0. The lowest BCUT2D eigenvalue weighted by Gasteiger charge is -2.08. The molecule has 88 valence electrons. The van der Waals surface area contributed by atoms with Crippen molar-refractivity contribution >= 4 is 28.4 Å². The zero-order valence-electron chi connectivity index (χ0n) is 9.57. The van der Waals surface area contributed by atoms with Gasteiger partial charge in [0.15, 0.2) is 0 Å². The van der Waals surface area contributed by atoms with Crippen LogP contribution in [0.25, 0.3) is 0 Å². The van der Waals surface area contributed by atoms with Crippen LogP contribution in [0.3, 0.4) is 0 Å². The number of hydrogen-bond donors (Lipinski definition) is 1. The average molecular weight is 341 g/mol. The maximum atomic E-state index is 5.73. The van der Waals surface area contributed by atoms with Crippen molar-refractivity contribution in [1.29, 1.82) is 0 Å². The molecule has 0 fully saturated rings. The van der Waals surface area contributed by atoms with Gasteiger partial charge in [0, 0.05) is 13.1 Å². The van der Waals surface area contributed by atoms with E-state index < -0.39 is 0 Å². The number of halogens is 1. The van der Waals surface area contributed by atoms with Crippen LogP contribution >= 0.6 is 22.6 Å². The average Bonchev–Trinajstić information content (AvgIpc) is 2.31. The zero-order valence-corrected chi connectivity index (χ0v) is 11.7. The van der Waals surface area contributed by atoms with E-state index in [4.69, 9.17) is 4.74 Å². The highest BCUT2D eigenvalue weighted by atomic mass is 127. The second-order valence-electron chi connectivity index (χ2n) is 3.42. The minimum Gasteiger partial charge on any atom is -0.438 e. The maximum Gasteiger partial charge on any atom is 0.224 e. The highest BCUT2D eigenvalue weighted by Gasteiger charge is 2.05. The highest BCUT2D eigenvalue weighted by molar-refractivity contribution is 14.1. The number of benzene rings is 1. The molecule has 5 heteroatoms. The van der Waals surface area contributed by atoms with Crippen molar-refractivity contribution in [3.8, 4) is 11.6 Å². The van der Waals surface area contributed by atoms with Gasteiger partial charge in [0.05, 0.1) is 3.57 Å². The first-order valence-corrected chi connectivity index (χ1v) is 6.23. The summed E-state index contributed by atoms with van der Waals surface area (Å²) in [7, 11) is 1.82. The molecule has 1 heterocycles. The van der Waals surface area contributed by atoms with Gasteiger partial charge in [-0.1, -0.05) is 12.1 Å². The standard InChI is InChI=1S/C12H12IN3O/c1-8-15-11(14-2)7-12(16-8)17-10-6-4-3-5-9(10)13/h3-7H,1-2H3,(H,14,15,16). The second kappa shape index (κ2) is 5.31. The van der Waals surface area contributed by atoms with Crippen LogP contribution in [0.2, 0.25) is 0 Å². The maximum absolute atomic E-state index is 5.73. The topological polar surface area (TPSA) is 47.0 Å². The third-order valence-corrected chi connectivity index (χ3v) is 3.01. The molecule has 0 aliphatic heterocycles. The molecule has 0 amide bonds. The van der Waals surface area contributed by atoms with E-state index >= 15 is 0 Å². The van der Waals surface area contributed by atoms with Crippen LogP contribution in [-0.2, 0) is 0 Å². The third-order valence-electron chi connectivity index (χ3n) is 2.12. The van der Waals surface area contributed by atoms with Crippen LogP contribution in [0, 0.1) is 10.5 Å². The van der Waals surface area contributed by atoms with Gasteiger partial charge < -0.3 is 10.1 Å². The number of rotatable bonds is 3. The highest BCUT2D eigenvalue weighted by Crippen LogP contribution is 2.26. The van der Waals surface area contributed by atoms with Crippen molar-refractivity contribution in [2.45, 2.75) is 6.92 Å². The van der Waals surface area contributed by atoms with Crippen molar-refractivity contribution in [2.75, 3.05) is 12.4 Å². The van der Waals surface area contributed by atoms with E-state index in [2.05, 4.69) is 37.9 Å². The fourth-order valence-electron chi connectivity index (χ4n) is 1.36. The largest absolute Gasteiger partial charge is 0.438 e. The molecule has 0 aliphatic carbocycles. The fraction of sp³-hybridized carbons (Fsp3) is 0.167. The zero-order chi connectivity index (χ0) is 12.3. The van der Waals surface area contributed by atoms with Gasteiger partial charge in [-0.2, -0.15) is 4.98 Å². The third kappa shape index (κ3) is 3.06. The number of aryl methyl sites for hydroxylation is 1. The number of ether oxygens (including phenoxy) is 1. The number of nitrogens with one attached hydrogen (secondary N) is 1. The number of para-hydroxylation sites is 1. The van der Waals surface area contributed by atoms with Crippen molar-refractivity contribution in [3.05, 3.63) is 39.7 Å². The van der Waals surface area contributed by atoms with E-state index in [0.717, 1.165) is 15.1 Å². The minimum absolute atomic E-state index is 0.547. The van der Waals surface area contributed by atoms with E-state index in [0.29, 0.717) is 11.7 Å². The van der Waals surface area contributed by atoms with Crippen LogP contribution < -0.4 is 10.1 Å². The Morgan fingerprint density at radius 2 is 2.00 bits per heavy atom. The predicted octanol–water partition coefficient (Wildman–Crippen LogP) is 3.22. The lowest BCUT2D eigenvalue weighted by atomic mass is 10.3. The van der Waals surface area contributed by atoms with Crippen LogP contribution in [0.15, 0.2) is 30.3 Å². The van der Waals surface area contributed by atoms with Gasteiger partial charge in [0.1, 0.15) is 17.4 Å². The Hall–Kier alpha value is -1.37. The Kier molecular flexibility index (Phi) is 3.78. The van der Waals surface area contributed by atoms with E-state index in [1.807, 2.05) is 38.2 Å². The molecule has 17 heavy (non-hydrogen) atoms. The molecule has 2 rings (SSSR count). The lowest BCUT2D eigenvalue weighted by molar-refractivity contribution is 0.457. The lowest BCUT2D eigenvalue weighted by Crippen LogP contribution is -1.99. The Labute approximate surface area is 114 Å². The van der Waals surface area contributed by atoms with Gasteiger partial charge >= 0.3 is 0 Å². The Bertz CT molecular complexity index is 531. The molecule has 0 aliphatic rings. The van der Waals surface area contributed by atoms with Gasteiger partial charge in [-0.3, -0.25) is 0 Å². The molecule has 1 aromatic heterocycles. The summed E-state index contributed by atoms with van der Waals surface area (Å²) in [5.41, 5.74) is 0. The van der Waals surface area contributed by atoms with E-state index in [9.17, 15) is 0 Å². The van der Waals surface area contributed by atoms with Gasteiger partial charge in [-0.05, 0) is 41.6 Å². The summed E-state index contributed by atoms with van der Waals surface area (Å²) < 4.78 is 6.78. The van der Waals surface area contributed by atoms with Gasteiger partial charge in [0.25, 0.3) is 0 Å². The van der Waals surface area contributed by atoms with Crippen LogP contribution in [0.1, 0.15) is 5.82 Å². The summed E-state index contributed by atoms with van der Waals surface area (Å²) in [4.78, 5) is 8.45. The van der Waals surface area contributed by atoms with Gasteiger partial charge in [-0.25, -0.2) is 4.98 Å². The summed E-state index contributed by atoms with van der Waals surface area (Å²) in [6.45, 7) is 1.84. The molecule has 1 N–H and O–H groups in total. The van der Waals surface area contributed by atoms with Crippen molar-refractivity contribution < 1.29 is 4.74 Å². The predicted molar refractivity (Wildman–Crippen MR) is 75.5 cm³/mol. The van der Waals surface area contributed by atoms with Crippen LogP contribution in [0.5, 0.6) is 11.6 Å². The van der Waals surface area contributed by atoms with Crippen molar-refractivity contribution in [1.82, 2.24) is 9.97 Å². The minimum atomic E-state index is 0.547. The molecule has 0 atom stereocenters. The number of hydrogen-bond acceptors (Lipinski definition) is 4. The molecule has 0 radical (unpaired) electrons. The van der Waals surface area contributed by atoms with Crippen LogP contribution in [0.4, 0.5) is 5.82 Å². The Balaban J connectivity index is 2.30. The van der Waals surface area contributed by atoms with Crippen LogP contribution in [-0.4, -0.2) is 17.0 Å². The molecule has 0 saturated carbocycles.